The van der Waals surface area contributed by atoms with Crippen molar-refractivity contribution < 1.29 is 13.2 Å². The van der Waals surface area contributed by atoms with E-state index in [1.54, 1.807) is 0 Å². The minimum absolute atomic E-state index is 0.126. The molecule has 3 N–H and O–H groups in total. The second-order valence-corrected chi connectivity index (χ2v) is 5.32. The Morgan fingerprint density at radius 1 is 1.00 bits per heavy atom. The summed E-state index contributed by atoms with van der Waals surface area (Å²) < 4.78 is 37.8. The van der Waals surface area contributed by atoms with Gasteiger partial charge in [0, 0.05) is 6.04 Å². The molecule has 0 atom stereocenters. The van der Waals surface area contributed by atoms with Gasteiger partial charge in [-0.15, -0.1) is 0 Å². The number of alkyl halides is 3. The van der Waals surface area contributed by atoms with Crippen LogP contribution in [0.3, 0.4) is 0 Å². The molecule has 2 aromatic carbocycles. The maximum absolute atomic E-state index is 12.6. The smallest absolute Gasteiger partial charge is 0.397 e. The first-order chi connectivity index (χ1) is 9.93. The lowest BCUT2D eigenvalue weighted by atomic mass is 10.1. The lowest BCUT2D eigenvalue weighted by molar-refractivity contribution is -0.137. The van der Waals surface area contributed by atoms with E-state index in [4.69, 9.17) is 5.73 Å². The minimum Gasteiger partial charge on any atom is -0.397 e. The number of benzene rings is 2. The fourth-order valence-corrected chi connectivity index (χ4v) is 2.75. The summed E-state index contributed by atoms with van der Waals surface area (Å²) in [6.07, 6.45) is -2.65. The van der Waals surface area contributed by atoms with E-state index in [0.717, 1.165) is 25.0 Å². The summed E-state index contributed by atoms with van der Waals surface area (Å²) in [7, 11) is 0. The second kappa shape index (κ2) is 4.98. The highest BCUT2D eigenvalue weighted by Crippen LogP contribution is 2.34. The molecule has 0 unspecified atom stereocenters. The summed E-state index contributed by atoms with van der Waals surface area (Å²) >= 11 is 0. The highest BCUT2D eigenvalue weighted by Gasteiger charge is 2.31. The van der Waals surface area contributed by atoms with Crippen molar-refractivity contribution in [2.75, 3.05) is 11.1 Å². The SMILES string of the molecule is Nc1cc(C(F)(F)F)ccc1NC1Cc2ccccc2C1. The largest absolute Gasteiger partial charge is 0.416 e. The third-order valence-corrected chi connectivity index (χ3v) is 3.79. The molecule has 1 aliphatic rings. The van der Waals surface area contributed by atoms with E-state index in [9.17, 15) is 13.2 Å². The summed E-state index contributed by atoms with van der Waals surface area (Å²) in [6.45, 7) is 0. The van der Waals surface area contributed by atoms with Crippen molar-refractivity contribution in [3.63, 3.8) is 0 Å². The number of hydrogen-bond donors (Lipinski definition) is 2. The van der Waals surface area contributed by atoms with Crippen LogP contribution in [0, 0.1) is 0 Å². The van der Waals surface area contributed by atoms with Gasteiger partial charge in [0.1, 0.15) is 0 Å². The number of nitrogens with two attached hydrogens (primary N) is 1. The number of fused-ring (bicyclic) bond motifs is 1. The third kappa shape index (κ3) is 2.82. The molecule has 0 saturated carbocycles. The first-order valence-electron chi connectivity index (χ1n) is 6.73. The van der Waals surface area contributed by atoms with Crippen molar-refractivity contribution in [1.82, 2.24) is 0 Å². The Morgan fingerprint density at radius 3 is 2.14 bits per heavy atom. The molecule has 2 nitrogen and oxygen atoms in total. The van der Waals surface area contributed by atoms with Crippen LogP contribution < -0.4 is 11.1 Å². The normalized spacial score (nSPS) is 15.0. The maximum atomic E-state index is 12.6. The number of anilines is 2. The molecule has 2 aromatic rings. The molecule has 0 amide bonds. The molecular formula is C16H15F3N2. The van der Waals surface area contributed by atoms with E-state index in [2.05, 4.69) is 17.4 Å². The van der Waals surface area contributed by atoms with E-state index in [-0.39, 0.29) is 11.7 Å². The van der Waals surface area contributed by atoms with Crippen LogP contribution in [0.5, 0.6) is 0 Å². The van der Waals surface area contributed by atoms with Crippen LogP contribution in [0.15, 0.2) is 42.5 Å². The summed E-state index contributed by atoms with van der Waals surface area (Å²) in [5, 5.41) is 3.24. The second-order valence-electron chi connectivity index (χ2n) is 5.32. The molecule has 0 aromatic heterocycles. The van der Waals surface area contributed by atoms with Crippen LogP contribution in [0.25, 0.3) is 0 Å². The molecule has 3 rings (SSSR count). The number of hydrogen-bond acceptors (Lipinski definition) is 2. The van der Waals surface area contributed by atoms with Gasteiger partial charge >= 0.3 is 6.18 Å². The molecule has 21 heavy (non-hydrogen) atoms. The number of halogens is 3. The molecule has 0 saturated heterocycles. The molecule has 110 valence electrons. The summed E-state index contributed by atoms with van der Waals surface area (Å²) in [4.78, 5) is 0. The molecular weight excluding hydrogens is 277 g/mol. The van der Waals surface area contributed by atoms with Crippen molar-refractivity contribution in [3.05, 3.63) is 59.2 Å². The zero-order chi connectivity index (χ0) is 15.0. The van der Waals surface area contributed by atoms with E-state index >= 15 is 0 Å². The van der Waals surface area contributed by atoms with Crippen molar-refractivity contribution >= 4 is 11.4 Å². The molecule has 0 bridgehead atoms. The Hall–Kier alpha value is -2.17. The average molecular weight is 292 g/mol. The molecule has 0 fully saturated rings. The van der Waals surface area contributed by atoms with Crippen molar-refractivity contribution in [3.8, 4) is 0 Å². The van der Waals surface area contributed by atoms with E-state index < -0.39 is 11.7 Å². The van der Waals surface area contributed by atoms with Crippen LogP contribution in [-0.2, 0) is 19.0 Å². The number of nitrogen functional groups attached to an aromatic ring is 1. The van der Waals surface area contributed by atoms with Crippen LogP contribution in [0.2, 0.25) is 0 Å². The predicted molar refractivity (Wildman–Crippen MR) is 77.1 cm³/mol. The molecule has 0 spiro atoms. The van der Waals surface area contributed by atoms with E-state index in [0.29, 0.717) is 5.69 Å². The van der Waals surface area contributed by atoms with Crippen LogP contribution in [0.4, 0.5) is 24.5 Å². The molecule has 0 heterocycles. The van der Waals surface area contributed by atoms with Crippen molar-refractivity contribution in [2.24, 2.45) is 0 Å². The minimum atomic E-state index is -4.36. The Morgan fingerprint density at radius 2 is 1.62 bits per heavy atom. The maximum Gasteiger partial charge on any atom is 0.416 e. The van der Waals surface area contributed by atoms with Gasteiger partial charge in [0.2, 0.25) is 0 Å². The number of nitrogens with one attached hydrogen (secondary N) is 1. The molecule has 0 radical (unpaired) electrons. The average Bonchev–Trinajstić information content (AvgIpc) is 2.82. The van der Waals surface area contributed by atoms with E-state index in [1.165, 1.54) is 17.2 Å². The Kier molecular flexibility index (Phi) is 3.27. The Labute approximate surface area is 120 Å². The fraction of sp³-hybridized carbons (Fsp3) is 0.250. The zero-order valence-corrected chi connectivity index (χ0v) is 11.2. The van der Waals surface area contributed by atoms with Gasteiger partial charge in [0.25, 0.3) is 0 Å². The van der Waals surface area contributed by atoms with Gasteiger partial charge in [-0.3, -0.25) is 0 Å². The molecule has 5 heteroatoms. The lowest BCUT2D eigenvalue weighted by Crippen LogP contribution is -2.20. The van der Waals surface area contributed by atoms with Gasteiger partial charge in [0.15, 0.2) is 0 Å². The van der Waals surface area contributed by atoms with Crippen LogP contribution in [0.1, 0.15) is 16.7 Å². The summed E-state index contributed by atoms with van der Waals surface area (Å²) in [6, 6.07) is 11.7. The first-order valence-corrected chi connectivity index (χ1v) is 6.73. The highest BCUT2D eigenvalue weighted by molar-refractivity contribution is 5.68. The third-order valence-electron chi connectivity index (χ3n) is 3.79. The van der Waals surface area contributed by atoms with Gasteiger partial charge in [0.05, 0.1) is 16.9 Å². The quantitative estimate of drug-likeness (QED) is 0.825. The zero-order valence-electron chi connectivity index (χ0n) is 11.2. The molecule has 1 aliphatic carbocycles. The van der Waals surface area contributed by atoms with Crippen molar-refractivity contribution in [2.45, 2.75) is 25.1 Å². The number of rotatable bonds is 2. The lowest BCUT2D eigenvalue weighted by Gasteiger charge is -2.17. The van der Waals surface area contributed by atoms with Gasteiger partial charge in [-0.25, -0.2) is 0 Å². The van der Waals surface area contributed by atoms with Gasteiger partial charge in [-0.1, -0.05) is 24.3 Å². The topological polar surface area (TPSA) is 38.0 Å². The van der Waals surface area contributed by atoms with Gasteiger partial charge < -0.3 is 11.1 Å². The predicted octanol–water partition coefficient (Wildman–Crippen LogP) is 3.87. The standard InChI is InChI=1S/C16H15F3N2/c17-16(18,19)12-5-6-15(14(20)9-12)21-13-7-10-3-1-2-4-11(10)8-13/h1-6,9,13,21H,7-8,20H2. The van der Waals surface area contributed by atoms with Gasteiger partial charge in [-0.2, -0.15) is 13.2 Å². The van der Waals surface area contributed by atoms with Gasteiger partial charge in [-0.05, 0) is 42.2 Å². The fourth-order valence-electron chi connectivity index (χ4n) is 2.75. The van der Waals surface area contributed by atoms with Crippen molar-refractivity contribution in [1.29, 1.82) is 0 Å². The van der Waals surface area contributed by atoms with Crippen LogP contribution in [-0.4, -0.2) is 6.04 Å². The monoisotopic (exact) mass is 292 g/mol. The highest BCUT2D eigenvalue weighted by atomic mass is 19.4. The molecule has 0 aliphatic heterocycles. The summed E-state index contributed by atoms with van der Waals surface area (Å²) in [5.41, 5.74) is 8.26. The summed E-state index contributed by atoms with van der Waals surface area (Å²) in [5.74, 6) is 0. The Bertz CT molecular complexity index is 640. The van der Waals surface area contributed by atoms with E-state index in [1.807, 2.05) is 12.1 Å². The Balaban J connectivity index is 1.75. The first kappa shape index (κ1) is 13.8. The van der Waals surface area contributed by atoms with Crippen LogP contribution >= 0.6 is 0 Å².